The van der Waals surface area contributed by atoms with Gasteiger partial charge in [0, 0.05) is 24.2 Å². The summed E-state index contributed by atoms with van der Waals surface area (Å²) in [6, 6.07) is 4.76. The lowest BCUT2D eigenvalue weighted by Gasteiger charge is -2.08. The van der Waals surface area contributed by atoms with E-state index in [0.29, 0.717) is 18.7 Å². The number of aryl methyl sites for hydroxylation is 2. The lowest BCUT2D eigenvalue weighted by atomic mass is 10.1. The second-order valence-corrected chi connectivity index (χ2v) is 4.67. The molecule has 4 N–H and O–H groups in total. The number of benzene rings is 1. The number of oxime groups is 1. The Labute approximate surface area is 121 Å². The summed E-state index contributed by atoms with van der Waals surface area (Å²) in [5.74, 6) is -0.00924. The molecule has 112 valence electrons. The van der Waals surface area contributed by atoms with Crippen LogP contribution in [0.2, 0.25) is 0 Å². The summed E-state index contributed by atoms with van der Waals surface area (Å²) in [6.45, 7) is 4.51. The molecule has 0 saturated carbocycles. The Morgan fingerprint density at radius 1 is 1.43 bits per heavy atom. The summed E-state index contributed by atoms with van der Waals surface area (Å²) in [6.07, 6.45) is 0. The molecule has 2 rings (SSSR count). The van der Waals surface area contributed by atoms with Gasteiger partial charge in [0.2, 0.25) is 0 Å². The van der Waals surface area contributed by atoms with E-state index in [2.05, 4.69) is 15.6 Å². The van der Waals surface area contributed by atoms with E-state index in [1.807, 2.05) is 13.8 Å². The molecule has 0 bridgehead atoms. The number of aromatic nitrogens is 1. The molecule has 2 aromatic rings. The van der Waals surface area contributed by atoms with Gasteiger partial charge in [-0.3, -0.25) is 0 Å². The Bertz CT molecular complexity index is 647. The molecule has 1 aromatic heterocycles. The average Bonchev–Trinajstić information content (AvgIpc) is 2.80. The zero-order valence-corrected chi connectivity index (χ0v) is 11.9. The Balaban J connectivity index is 2.07. The number of nitrogens with zero attached hydrogens (tertiary/aromatic N) is 2. The topological polar surface area (TPSA) is 96.7 Å². The third-order valence-electron chi connectivity index (χ3n) is 3.26. The first-order valence-electron chi connectivity index (χ1n) is 6.42. The van der Waals surface area contributed by atoms with Crippen LogP contribution in [0.1, 0.15) is 28.1 Å². The molecule has 0 amide bonds. The number of hydrogen-bond donors (Lipinski definition) is 3. The van der Waals surface area contributed by atoms with Crippen molar-refractivity contribution in [2.75, 3.05) is 0 Å². The minimum absolute atomic E-state index is 0.0779. The molecular weight excluding hydrogens is 275 g/mol. The number of hydrogen-bond acceptors (Lipinski definition) is 5. The molecule has 0 atom stereocenters. The number of nitrogens with one attached hydrogen (secondary N) is 1. The largest absolute Gasteiger partial charge is 0.409 e. The highest BCUT2D eigenvalue weighted by Crippen LogP contribution is 2.14. The van der Waals surface area contributed by atoms with Gasteiger partial charge >= 0.3 is 0 Å². The number of rotatable bonds is 5. The first-order valence-corrected chi connectivity index (χ1v) is 6.42. The van der Waals surface area contributed by atoms with Crippen LogP contribution >= 0.6 is 0 Å². The van der Waals surface area contributed by atoms with Crippen LogP contribution in [-0.2, 0) is 13.1 Å². The van der Waals surface area contributed by atoms with E-state index in [4.69, 9.17) is 15.5 Å². The SMILES string of the molecule is Cc1noc(C)c1CNCc1cccc(/C(N)=N/O)c1F. The fraction of sp³-hybridized carbons (Fsp3) is 0.286. The fourth-order valence-corrected chi connectivity index (χ4v) is 2.04. The van der Waals surface area contributed by atoms with E-state index >= 15 is 0 Å². The summed E-state index contributed by atoms with van der Waals surface area (Å²) in [7, 11) is 0. The molecule has 0 unspecified atom stereocenters. The van der Waals surface area contributed by atoms with Gasteiger partial charge in [-0.15, -0.1) is 0 Å². The van der Waals surface area contributed by atoms with Gasteiger partial charge in [0.15, 0.2) is 5.84 Å². The maximum absolute atomic E-state index is 14.2. The number of halogens is 1. The first-order chi connectivity index (χ1) is 10.0. The van der Waals surface area contributed by atoms with Gasteiger partial charge < -0.3 is 20.8 Å². The van der Waals surface area contributed by atoms with Crippen molar-refractivity contribution in [3.05, 3.63) is 52.2 Å². The van der Waals surface area contributed by atoms with Crippen LogP contribution in [0.25, 0.3) is 0 Å². The Morgan fingerprint density at radius 3 is 2.81 bits per heavy atom. The summed E-state index contributed by atoms with van der Waals surface area (Å²) >= 11 is 0. The molecular formula is C14H17FN4O2. The fourth-order valence-electron chi connectivity index (χ4n) is 2.04. The van der Waals surface area contributed by atoms with Gasteiger partial charge in [0.05, 0.1) is 11.3 Å². The lowest BCUT2D eigenvalue weighted by molar-refractivity contribution is 0.318. The van der Waals surface area contributed by atoms with Crippen LogP contribution in [0.15, 0.2) is 27.9 Å². The van der Waals surface area contributed by atoms with Crippen molar-refractivity contribution >= 4 is 5.84 Å². The highest BCUT2D eigenvalue weighted by molar-refractivity contribution is 5.97. The van der Waals surface area contributed by atoms with Crippen LogP contribution < -0.4 is 11.1 Å². The zero-order chi connectivity index (χ0) is 15.4. The molecule has 0 fully saturated rings. The maximum Gasteiger partial charge on any atom is 0.173 e. The monoisotopic (exact) mass is 292 g/mol. The van der Waals surface area contributed by atoms with Crippen molar-refractivity contribution in [2.45, 2.75) is 26.9 Å². The molecule has 0 aliphatic rings. The molecule has 21 heavy (non-hydrogen) atoms. The highest BCUT2D eigenvalue weighted by atomic mass is 19.1. The quantitative estimate of drug-likeness (QED) is 0.338. The number of nitrogens with two attached hydrogens (primary N) is 1. The van der Waals surface area contributed by atoms with Gasteiger partial charge in [-0.1, -0.05) is 22.4 Å². The lowest BCUT2D eigenvalue weighted by Crippen LogP contribution is -2.19. The van der Waals surface area contributed by atoms with Crippen molar-refractivity contribution in [1.29, 1.82) is 0 Å². The van der Waals surface area contributed by atoms with Gasteiger partial charge in [-0.2, -0.15) is 0 Å². The minimum Gasteiger partial charge on any atom is -0.409 e. The van der Waals surface area contributed by atoms with E-state index in [1.54, 1.807) is 12.1 Å². The molecule has 0 radical (unpaired) electrons. The molecule has 7 heteroatoms. The van der Waals surface area contributed by atoms with E-state index in [0.717, 1.165) is 17.0 Å². The Morgan fingerprint density at radius 2 is 2.19 bits per heavy atom. The van der Waals surface area contributed by atoms with Crippen molar-refractivity contribution < 1.29 is 14.1 Å². The van der Waals surface area contributed by atoms with Crippen LogP contribution in [0.5, 0.6) is 0 Å². The molecule has 6 nitrogen and oxygen atoms in total. The minimum atomic E-state index is -0.501. The van der Waals surface area contributed by atoms with E-state index in [-0.39, 0.29) is 11.4 Å². The van der Waals surface area contributed by atoms with Crippen molar-refractivity contribution in [3.63, 3.8) is 0 Å². The van der Waals surface area contributed by atoms with Gasteiger partial charge in [-0.25, -0.2) is 4.39 Å². The molecule has 1 aromatic carbocycles. The van der Waals surface area contributed by atoms with Crippen LogP contribution in [0.3, 0.4) is 0 Å². The summed E-state index contributed by atoms with van der Waals surface area (Å²) in [5.41, 5.74) is 7.71. The zero-order valence-electron chi connectivity index (χ0n) is 11.9. The standard InChI is InChI=1S/C14H17FN4O2/c1-8-12(9(2)21-19-8)7-17-6-10-4-3-5-11(13(10)15)14(16)18-20/h3-5,17,20H,6-7H2,1-2H3,(H2,16,18). The van der Waals surface area contributed by atoms with E-state index < -0.39 is 5.82 Å². The Kier molecular flexibility index (Phi) is 4.54. The van der Waals surface area contributed by atoms with Crippen molar-refractivity contribution in [1.82, 2.24) is 10.5 Å². The molecule has 1 heterocycles. The molecule has 0 aliphatic heterocycles. The Hall–Kier alpha value is -2.41. The van der Waals surface area contributed by atoms with Crippen LogP contribution in [0, 0.1) is 19.7 Å². The normalized spacial score (nSPS) is 11.9. The second-order valence-electron chi connectivity index (χ2n) is 4.67. The van der Waals surface area contributed by atoms with Crippen molar-refractivity contribution in [3.8, 4) is 0 Å². The predicted octanol–water partition coefficient (Wildman–Crippen LogP) is 1.81. The first kappa shape index (κ1) is 15.0. The highest BCUT2D eigenvalue weighted by Gasteiger charge is 2.12. The number of amidine groups is 1. The van der Waals surface area contributed by atoms with Crippen molar-refractivity contribution in [2.24, 2.45) is 10.9 Å². The van der Waals surface area contributed by atoms with Crippen LogP contribution in [-0.4, -0.2) is 16.2 Å². The average molecular weight is 292 g/mol. The van der Waals surface area contributed by atoms with Gasteiger partial charge in [0.25, 0.3) is 0 Å². The second kappa shape index (κ2) is 6.36. The molecule has 0 saturated heterocycles. The van der Waals surface area contributed by atoms with E-state index in [9.17, 15) is 4.39 Å². The summed E-state index contributed by atoms with van der Waals surface area (Å²) < 4.78 is 19.3. The van der Waals surface area contributed by atoms with Gasteiger partial charge in [-0.05, 0) is 19.9 Å². The van der Waals surface area contributed by atoms with Crippen LogP contribution in [0.4, 0.5) is 4.39 Å². The third kappa shape index (κ3) is 3.19. The third-order valence-corrected chi connectivity index (χ3v) is 3.26. The smallest absolute Gasteiger partial charge is 0.173 e. The summed E-state index contributed by atoms with van der Waals surface area (Å²) in [4.78, 5) is 0. The molecule has 0 aliphatic carbocycles. The predicted molar refractivity (Wildman–Crippen MR) is 75.4 cm³/mol. The van der Waals surface area contributed by atoms with Gasteiger partial charge in [0.1, 0.15) is 11.6 Å². The van der Waals surface area contributed by atoms with E-state index in [1.165, 1.54) is 6.07 Å². The molecule has 0 spiro atoms. The summed E-state index contributed by atoms with van der Waals surface area (Å²) in [5, 5.41) is 18.4. The maximum atomic E-state index is 14.2.